The number of methoxy groups -OCH3 is 1. The number of nitrogens with zero attached hydrogens (tertiary/aromatic N) is 1. The Morgan fingerprint density at radius 1 is 1.45 bits per heavy atom. The molecular weight excluding hydrogens is 142 g/mol. The van der Waals surface area contributed by atoms with Gasteiger partial charge in [0.2, 0.25) is 0 Å². The predicted octanol–water partition coefficient (Wildman–Crippen LogP) is 1.43. The Labute approximate surface area is 67.4 Å². The second-order valence-electron chi connectivity index (χ2n) is 2.91. The van der Waals surface area contributed by atoms with E-state index < -0.39 is 0 Å². The molecule has 64 valence electrons. The zero-order valence-electron chi connectivity index (χ0n) is 7.33. The third-order valence-corrected chi connectivity index (χ3v) is 1.95. The summed E-state index contributed by atoms with van der Waals surface area (Å²) in [5, 5.41) is 3.85. The van der Waals surface area contributed by atoms with Crippen molar-refractivity contribution in [3.8, 4) is 0 Å². The van der Waals surface area contributed by atoms with Crippen molar-refractivity contribution in [2.75, 3.05) is 14.2 Å². The Hall–Kier alpha value is -0.570. The molecule has 0 radical (unpaired) electrons. The predicted molar refractivity (Wildman–Crippen MR) is 43.6 cm³/mol. The van der Waals surface area contributed by atoms with Crippen molar-refractivity contribution >= 4 is 5.71 Å². The summed E-state index contributed by atoms with van der Waals surface area (Å²) in [4.78, 5) is 4.67. The molecule has 0 N–H and O–H groups in total. The van der Waals surface area contributed by atoms with Crippen LogP contribution in [0.5, 0.6) is 0 Å². The first kappa shape index (κ1) is 8.53. The van der Waals surface area contributed by atoms with Crippen molar-refractivity contribution < 1.29 is 9.57 Å². The summed E-state index contributed by atoms with van der Waals surface area (Å²) in [6.07, 6.45) is 2.69. The van der Waals surface area contributed by atoms with Gasteiger partial charge >= 0.3 is 0 Å². The summed E-state index contributed by atoms with van der Waals surface area (Å²) < 4.78 is 5.28. The first-order valence-electron chi connectivity index (χ1n) is 3.90. The van der Waals surface area contributed by atoms with Crippen LogP contribution >= 0.6 is 0 Å². The van der Waals surface area contributed by atoms with Crippen LogP contribution in [0.3, 0.4) is 0 Å². The van der Waals surface area contributed by atoms with Gasteiger partial charge in [-0.2, -0.15) is 0 Å². The molecule has 1 fully saturated rings. The molecule has 1 aliphatic carbocycles. The molecule has 0 saturated heterocycles. The van der Waals surface area contributed by atoms with E-state index in [9.17, 15) is 0 Å². The highest BCUT2D eigenvalue weighted by atomic mass is 16.6. The molecule has 0 aromatic heterocycles. The van der Waals surface area contributed by atoms with E-state index in [1.807, 2.05) is 6.92 Å². The van der Waals surface area contributed by atoms with Crippen LogP contribution in [0.15, 0.2) is 5.16 Å². The molecule has 0 aromatic rings. The van der Waals surface area contributed by atoms with E-state index in [2.05, 4.69) is 9.99 Å². The maximum atomic E-state index is 5.28. The summed E-state index contributed by atoms with van der Waals surface area (Å²) in [5.41, 5.74) is 0.942. The van der Waals surface area contributed by atoms with Crippen LogP contribution in [0.4, 0.5) is 0 Å². The molecule has 0 aliphatic heterocycles. The molecule has 3 nitrogen and oxygen atoms in total. The lowest BCUT2D eigenvalue weighted by Crippen LogP contribution is -2.22. The van der Waals surface area contributed by atoms with Gasteiger partial charge in [0.05, 0.1) is 5.71 Å². The van der Waals surface area contributed by atoms with Gasteiger partial charge in [-0.3, -0.25) is 0 Å². The van der Waals surface area contributed by atoms with Crippen LogP contribution in [0.25, 0.3) is 0 Å². The van der Waals surface area contributed by atoms with E-state index in [0.29, 0.717) is 5.92 Å². The number of oxime groups is 1. The Morgan fingerprint density at radius 3 is 2.45 bits per heavy atom. The molecule has 0 aromatic carbocycles. The fourth-order valence-corrected chi connectivity index (χ4v) is 1.30. The fraction of sp³-hybridized carbons (Fsp3) is 0.875. The smallest absolute Gasteiger partial charge is 0.106 e. The molecule has 0 bridgehead atoms. The van der Waals surface area contributed by atoms with Crippen LogP contribution in [0.1, 0.15) is 19.8 Å². The molecule has 1 unspecified atom stereocenters. The number of hydrogen-bond acceptors (Lipinski definition) is 3. The quantitative estimate of drug-likeness (QED) is 0.456. The SMILES string of the molecule is CO/N=C(\C)C(OC)C1CC1. The monoisotopic (exact) mass is 157 g/mol. The van der Waals surface area contributed by atoms with E-state index in [0.717, 1.165) is 5.71 Å². The highest BCUT2D eigenvalue weighted by Gasteiger charge is 2.33. The zero-order valence-corrected chi connectivity index (χ0v) is 7.33. The summed E-state index contributed by atoms with van der Waals surface area (Å²) >= 11 is 0. The van der Waals surface area contributed by atoms with Gasteiger partial charge in [-0.05, 0) is 25.7 Å². The van der Waals surface area contributed by atoms with Gasteiger partial charge in [-0.25, -0.2) is 0 Å². The Morgan fingerprint density at radius 2 is 2.09 bits per heavy atom. The molecular formula is C8H15NO2. The third kappa shape index (κ3) is 2.19. The van der Waals surface area contributed by atoms with Gasteiger partial charge in [0.15, 0.2) is 0 Å². The maximum Gasteiger partial charge on any atom is 0.106 e. The Bertz CT molecular complexity index is 152. The Balaban J connectivity index is 2.45. The van der Waals surface area contributed by atoms with Crippen LogP contribution in [0, 0.1) is 5.92 Å². The molecule has 0 heterocycles. The second kappa shape index (κ2) is 3.72. The average molecular weight is 157 g/mol. The molecule has 1 aliphatic rings. The van der Waals surface area contributed by atoms with Crippen molar-refractivity contribution in [1.82, 2.24) is 0 Å². The van der Waals surface area contributed by atoms with Gasteiger partial charge in [0, 0.05) is 7.11 Å². The second-order valence-corrected chi connectivity index (χ2v) is 2.91. The van der Waals surface area contributed by atoms with Crippen molar-refractivity contribution in [3.05, 3.63) is 0 Å². The van der Waals surface area contributed by atoms with Gasteiger partial charge in [0.1, 0.15) is 13.2 Å². The molecule has 1 rings (SSSR count). The van der Waals surface area contributed by atoms with Crippen molar-refractivity contribution in [2.24, 2.45) is 11.1 Å². The standard InChI is InChI=1S/C8H15NO2/c1-6(9-11-3)8(10-2)7-4-5-7/h7-8H,4-5H2,1-3H3/b9-6+. The van der Waals surface area contributed by atoms with Crippen molar-refractivity contribution in [1.29, 1.82) is 0 Å². The topological polar surface area (TPSA) is 30.8 Å². The minimum absolute atomic E-state index is 0.176. The molecule has 1 saturated carbocycles. The number of ether oxygens (including phenoxy) is 1. The van der Waals surface area contributed by atoms with Crippen LogP contribution in [0.2, 0.25) is 0 Å². The van der Waals surface area contributed by atoms with E-state index >= 15 is 0 Å². The van der Waals surface area contributed by atoms with Gasteiger partial charge in [0.25, 0.3) is 0 Å². The summed E-state index contributed by atoms with van der Waals surface area (Å²) in [5.74, 6) is 0.680. The lowest BCUT2D eigenvalue weighted by atomic mass is 10.1. The van der Waals surface area contributed by atoms with Gasteiger partial charge in [-0.15, -0.1) is 0 Å². The lowest BCUT2D eigenvalue weighted by molar-refractivity contribution is 0.129. The minimum Gasteiger partial charge on any atom is -0.399 e. The van der Waals surface area contributed by atoms with Gasteiger partial charge < -0.3 is 9.57 Å². The summed E-state index contributed by atoms with van der Waals surface area (Å²) in [6.45, 7) is 1.94. The van der Waals surface area contributed by atoms with E-state index in [1.54, 1.807) is 14.2 Å². The summed E-state index contributed by atoms with van der Waals surface area (Å²) in [7, 11) is 3.28. The Kier molecular flexibility index (Phi) is 2.88. The van der Waals surface area contributed by atoms with Crippen LogP contribution < -0.4 is 0 Å². The molecule has 11 heavy (non-hydrogen) atoms. The van der Waals surface area contributed by atoms with E-state index in [4.69, 9.17) is 4.74 Å². The van der Waals surface area contributed by atoms with Crippen LogP contribution in [-0.4, -0.2) is 26.0 Å². The van der Waals surface area contributed by atoms with Crippen molar-refractivity contribution in [2.45, 2.75) is 25.9 Å². The highest BCUT2D eigenvalue weighted by molar-refractivity contribution is 5.86. The number of rotatable bonds is 4. The highest BCUT2D eigenvalue weighted by Crippen LogP contribution is 2.34. The van der Waals surface area contributed by atoms with E-state index in [1.165, 1.54) is 12.8 Å². The molecule has 0 amide bonds. The largest absolute Gasteiger partial charge is 0.399 e. The molecule has 3 heteroatoms. The average Bonchev–Trinajstić information content (AvgIpc) is 2.73. The van der Waals surface area contributed by atoms with Crippen LogP contribution in [-0.2, 0) is 9.57 Å². The first-order chi connectivity index (χ1) is 5.29. The maximum absolute atomic E-state index is 5.28. The zero-order chi connectivity index (χ0) is 8.27. The van der Waals surface area contributed by atoms with E-state index in [-0.39, 0.29) is 6.10 Å². The lowest BCUT2D eigenvalue weighted by Gasteiger charge is -2.12. The summed E-state index contributed by atoms with van der Waals surface area (Å²) in [6, 6.07) is 0. The van der Waals surface area contributed by atoms with Gasteiger partial charge in [-0.1, -0.05) is 5.16 Å². The fourth-order valence-electron chi connectivity index (χ4n) is 1.30. The van der Waals surface area contributed by atoms with Crippen molar-refractivity contribution in [3.63, 3.8) is 0 Å². The molecule has 1 atom stereocenters. The third-order valence-electron chi connectivity index (χ3n) is 1.95. The number of hydrogen-bond donors (Lipinski definition) is 0. The first-order valence-corrected chi connectivity index (χ1v) is 3.90. The minimum atomic E-state index is 0.176. The molecule has 0 spiro atoms. The normalized spacial score (nSPS) is 21.5.